The number of nitrogens with one attached hydrogen (secondary N) is 2. The lowest BCUT2D eigenvalue weighted by Gasteiger charge is -2.18. The molecule has 0 aromatic rings. The van der Waals surface area contributed by atoms with Crippen molar-refractivity contribution in [3.63, 3.8) is 0 Å². The van der Waals surface area contributed by atoms with Gasteiger partial charge < -0.3 is 20.8 Å². The predicted molar refractivity (Wildman–Crippen MR) is 68.8 cm³/mol. The quantitative estimate of drug-likeness (QED) is 0.347. The summed E-state index contributed by atoms with van der Waals surface area (Å²) in [5, 5.41) is 6.78. The van der Waals surface area contributed by atoms with E-state index in [1.54, 1.807) is 0 Å². The average molecular weight is 233 g/mol. The Hall–Kier alpha value is 0.0569. The van der Waals surface area contributed by atoms with Crippen molar-refractivity contribution >= 4 is 9.76 Å². The van der Waals surface area contributed by atoms with E-state index in [-0.39, 0.29) is 0 Å². The summed E-state index contributed by atoms with van der Waals surface area (Å²) in [7, 11) is -0.425. The Morgan fingerprint density at radius 2 is 2.00 bits per heavy atom. The van der Waals surface area contributed by atoms with E-state index in [1.807, 2.05) is 0 Å². The fourth-order valence-corrected chi connectivity index (χ4v) is 2.40. The lowest BCUT2D eigenvalue weighted by atomic mass is 10.4. The van der Waals surface area contributed by atoms with E-state index in [0.29, 0.717) is 18.3 Å². The fraction of sp³-hybridized carbons (Fsp3) is 1.00. The second kappa shape index (κ2) is 10.6. The molecule has 5 heteroatoms. The standard InChI is InChI=1S/C10H27N3OSi/c1-4-10(15-14-9(2)3)13-8-7-12-6-5-11/h9-10,12-13H,4-8,11,15H2,1-3H3. The molecule has 0 radical (unpaired) electrons. The zero-order chi connectivity index (χ0) is 11.5. The van der Waals surface area contributed by atoms with Crippen molar-refractivity contribution in [1.82, 2.24) is 10.6 Å². The maximum atomic E-state index is 5.71. The van der Waals surface area contributed by atoms with Crippen LogP contribution in [-0.2, 0) is 4.43 Å². The highest BCUT2D eigenvalue weighted by atomic mass is 28.2. The normalized spacial score (nSPS) is 14.2. The lowest BCUT2D eigenvalue weighted by molar-refractivity contribution is 0.247. The van der Waals surface area contributed by atoms with Crippen molar-refractivity contribution in [3.8, 4) is 0 Å². The van der Waals surface area contributed by atoms with Gasteiger partial charge in [-0.25, -0.2) is 0 Å². The Morgan fingerprint density at radius 3 is 2.53 bits per heavy atom. The van der Waals surface area contributed by atoms with Gasteiger partial charge in [-0.05, 0) is 20.3 Å². The summed E-state index contributed by atoms with van der Waals surface area (Å²) >= 11 is 0. The molecule has 0 saturated heterocycles. The Bertz CT molecular complexity index is 136. The predicted octanol–water partition coefficient (Wildman–Crippen LogP) is -0.631. The SMILES string of the molecule is CCC(NCCNCCN)[SiH2]OC(C)C. The van der Waals surface area contributed by atoms with Crippen LogP contribution in [0.25, 0.3) is 0 Å². The number of hydrogen-bond donors (Lipinski definition) is 3. The van der Waals surface area contributed by atoms with Crippen LogP contribution < -0.4 is 16.4 Å². The van der Waals surface area contributed by atoms with Gasteiger partial charge in [0.05, 0.1) is 0 Å². The second-order valence-corrected chi connectivity index (χ2v) is 5.63. The van der Waals surface area contributed by atoms with Crippen LogP contribution in [0.15, 0.2) is 0 Å². The number of hydrogen-bond acceptors (Lipinski definition) is 4. The Labute approximate surface area is 96.3 Å². The molecule has 92 valence electrons. The molecule has 0 amide bonds. The van der Waals surface area contributed by atoms with Gasteiger partial charge in [-0.1, -0.05) is 6.92 Å². The van der Waals surface area contributed by atoms with Gasteiger partial charge in [-0.15, -0.1) is 0 Å². The third kappa shape index (κ3) is 10.3. The van der Waals surface area contributed by atoms with E-state index in [4.69, 9.17) is 10.2 Å². The molecular formula is C10H27N3OSi. The summed E-state index contributed by atoms with van der Waals surface area (Å²) in [5.41, 5.74) is 5.99. The van der Waals surface area contributed by atoms with Crippen LogP contribution in [-0.4, -0.2) is 47.7 Å². The Kier molecular flexibility index (Phi) is 10.6. The third-order valence-corrected chi connectivity index (χ3v) is 4.31. The molecule has 0 aromatic heterocycles. The smallest absolute Gasteiger partial charge is 0.178 e. The second-order valence-electron chi connectivity index (χ2n) is 3.98. The van der Waals surface area contributed by atoms with Crippen LogP contribution in [0.1, 0.15) is 27.2 Å². The maximum absolute atomic E-state index is 5.71. The first-order valence-electron chi connectivity index (χ1n) is 5.96. The van der Waals surface area contributed by atoms with Gasteiger partial charge in [-0.2, -0.15) is 0 Å². The van der Waals surface area contributed by atoms with E-state index < -0.39 is 9.76 Å². The molecule has 0 heterocycles. The summed E-state index contributed by atoms with van der Waals surface area (Å²) in [6, 6.07) is 0. The molecule has 0 spiro atoms. The molecule has 0 bridgehead atoms. The molecule has 1 unspecified atom stereocenters. The molecular weight excluding hydrogens is 206 g/mol. The maximum Gasteiger partial charge on any atom is 0.178 e. The first-order chi connectivity index (χ1) is 7.20. The van der Waals surface area contributed by atoms with Crippen molar-refractivity contribution in [1.29, 1.82) is 0 Å². The Morgan fingerprint density at radius 1 is 1.27 bits per heavy atom. The van der Waals surface area contributed by atoms with Crippen LogP contribution >= 0.6 is 0 Å². The summed E-state index contributed by atoms with van der Waals surface area (Å²) in [6.07, 6.45) is 1.54. The largest absolute Gasteiger partial charge is 0.420 e. The zero-order valence-corrected chi connectivity index (χ0v) is 11.8. The van der Waals surface area contributed by atoms with E-state index >= 15 is 0 Å². The highest BCUT2D eigenvalue weighted by Gasteiger charge is 2.07. The van der Waals surface area contributed by atoms with Crippen molar-refractivity contribution < 1.29 is 4.43 Å². The van der Waals surface area contributed by atoms with Crippen LogP contribution in [0.2, 0.25) is 0 Å². The van der Waals surface area contributed by atoms with Crippen LogP contribution in [0.3, 0.4) is 0 Å². The summed E-state index contributed by atoms with van der Waals surface area (Å²) in [4.78, 5) is 0. The monoisotopic (exact) mass is 233 g/mol. The number of rotatable bonds is 10. The van der Waals surface area contributed by atoms with Crippen LogP contribution in [0, 0.1) is 0 Å². The van der Waals surface area contributed by atoms with Gasteiger partial charge in [0.15, 0.2) is 9.76 Å². The minimum atomic E-state index is -0.425. The van der Waals surface area contributed by atoms with E-state index in [1.165, 1.54) is 0 Å². The van der Waals surface area contributed by atoms with Gasteiger partial charge in [0, 0.05) is 37.9 Å². The van der Waals surface area contributed by atoms with Crippen molar-refractivity contribution in [2.45, 2.75) is 39.0 Å². The molecule has 1 atom stereocenters. The molecule has 0 rings (SSSR count). The van der Waals surface area contributed by atoms with Crippen LogP contribution in [0.5, 0.6) is 0 Å². The fourth-order valence-electron chi connectivity index (χ4n) is 1.22. The number of nitrogens with two attached hydrogens (primary N) is 1. The molecule has 0 saturated carbocycles. The highest BCUT2D eigenvalue weighted by molar-refractivity contribution is 6.29. The van der Waals surface area contributed by atoms with Gasteiger partial charge in [0.25, 0.3) is 0 Å². The first kappa shape index (κ1) is 15.1. The molecule has 0 aromatic carbocycles. The van der Waals surface area contributed by atoms with Gasteiger partial charge >= 0.3 is 0 Å². The molecule has 0 aliphatic heterocycles. The summed E-state index contributed by atoms with van der Waals surface area (Å²) < 4.78 is 5.71. The molecule has 0 aliphatic carbocycles. The van der Waals surface area contributed by atoms with Crippen molar-refractivity contribution in [2.24, 2.45) is 5.73 Å². The van der Waals surface area contributed by atoms with E-state index in [2.05, 4.69) is 31.4 Å². The summed E-state index contributed by atoms with van der Waals surface area (Å²) in [6.45, 7) is 10.0. The van der Waals surface area contributed by atoms with Crippen molar-refractivity contribution in [3.05, 3.63) is 0 Å². The van der Waals surface area contributed by atoms with E-state index in [9.17, 15) is 0 Å². The molecule has 0 fully saturated rings. The first-order valence-corrected chi connectivity index (χ1v) is 7.35. The summed E-state index contributed by atoms with van der Waals surface area (Å²) in [5.74, 6) is 0. The third-order valence-electron chi connectivity index (χ3n) is 2.18. The van der Waals surface area contributed by atoms with Crippen LogP contribution in [0.4, 0.5) is 0 Å². The molecule has 0 aliphatic rings. The van der Waals surface area contributed by atoms with Gasteiger partial charge in [0.2, 0.25) is 0 Å². The lowest BCUT2D eigenvalue weighted by Crippen LogP contribution is -2.40. The Balaban J connectivity index is 3.36. The molecule has 15 heavy (non-hydrogen) atoms. The minimum Gasteiger partial charge on any atom is -0.420 e. The molecule has 4 nitrogen and oxygen atoms in total. The average Bonchev–Trinajstić information content (AvgIpc) is 2.22. The minimum absolute atomic E-state index is 0.378. The van der Waals surface area contributed by atoms with Gasteiger partial charge in [-0.3, -0.25) is 0 Å². The molecule has 4 N–H and O–H groups in total. The zero-order valence-electron chi connectivity index (χ0n) is 10.4. The van der Waals surface area contributed by atoms with E-state index in [0.717, 1.165) is 26.1 Å². The van der Waals surface area contributed by atoms with Crippen molar-refractivity contribution in [2.75, 3.05) is 26.2 Å². The highest BCUT2D eigenvalue weighted by Crippen LogP contribution is 1.92. The van der Waals surface area contributed by atoms with Gasteiger partial charge in [0.1, 0.15) is 0 Å². The topological polar surface area (TPSA) is 59.3 Å².